The Hall–Kier alpha value is -1.25. The second-order valence-corrected chi connectivity index (χ2v) is 15.2. The number of piperidine rings is 1. The van der Waals surface area contributed by atoms with Gasteiger partial charge in [0.1, 0.15) is 18.2 Å². The number of nitrogens with zero attached hydrogens (tertiary/aromatic N) is 3. The van der Waals surface area contributed by atoms with Gasteiger partial charge in [0.2, 0.25) is 0 Å². The molecule has 0 radical (unpaired) electrons. The first kappa shape index (κ1) is 24.4. The van der Waals surface area contributed by atoms with Crippen LogP contribution < -0.4 is 5.32 Å². The molecule has 2 fully saturated rings. The molecule has 0 aromatic carbocycles. The number of ether oxygens (including phenoxy) is 2. The molecule has 3 rings (SSSR count). The van der Waals surface area contributed by atoms with Crippen molar-refractivity contribution in [2.45, 2.75) is 70.7 Å². The van der Waals surface area contributed by atoms with Gasteiger partial charge in [0.25, 0.3) is 0 Å². The zero-order valence-electron chi connectivity index (χ0n) is 20.3. The summed E-state index contributed by atoms with van der Waals surface area (Å²) in [5, 5.41) is 3.45. The van der Waals surface area contributed by atoms with Gasteiger partial charge < -0.3 is 19.4 Å². The monoisotopic (exact) mass is 454 g/mol. The SMILES string of the molecule is CC(C)(C)OC(=O)N1CCCC1c1ncc(C2CCNCC2)n1COCCS(C)(C)C. The molecule has 7 nitrogen and oxygen atoms in total. The van der Waals surface area contributed by atoms with Crippen molar-refractivity contribution in [3.63, 3.8) is 0 Å². The van der Waals surface area contributed by atoms with E-state index in [1.165, 1.54) is 5.69 Å². The van der Waals surface area contributed by atoms with Crippen molar-refractivity contribution in [1.29, 1.82) is 0 Å². The van der Waals surface area contributed by atoms with Crippen molar-refractivity contribution < 1.29 is 14.3 Å². The third-order valence-corrected chi connectivity index (χ3v) is 7.31. The zero-order valence-corrected chi connectivity index (χ0v) is 21.1. The van der Waals surface area contributed by atoms with E-state index < -0.39 is 15.6 Å². The number of rotatable bonds is 7. The molecule has 1 atom stereocenters. The van der Waals surface area contributed by atoms with Crippen molar-refractivity contribution in [1.82, 2.24) is 19.8 Å². The van der Waals surface area contributed by atoms with Crippen LogP contribution in [0.25, 0.3) is 0 Å². The molecule has 178 valence electrons. The van der Waals surface area contributed by atoms with E-state index in [0.29, 0.717) is 19.2 Å². The first-order valence-corrected chi connectivity index (χ1v) is 14.6. The Morgan fingerprint density at radius 1 is 1.23 bits per heavy atom. The van der Waals surface area contributed by atoms with Gasteiger partial charge in [-0.25, -0.2) is 19.8 Å². The quantitative estimate of drug-likeness (QED) is 0.629. The highest BCUT2D eigenvalue weighted by Gasteiger charge is 2.36. The molecule has 2 aliphatic heterocycles. The number of likely N-dealkylation sites (tertiary alicyclic amines) is 1. The van der Waals surface area contributed by atoms with E-state index >= 15 is 0 Å². The van der Waals surface area contributed by atoms with Crippen LogP contribution in [-0.2, 0) is 16.2 Å². The summed E-state index contributed by atoms with van der Waals surface area (Å²) in [4.78, 5) is 19.6. The van der Waals surface area contributed by atoms with Gasteiger partial charge in [0, 0.05) is 30.1 Å². The van der Waals surface area contributed by atoms with Crippen LogP contribution in [0.5, 0.6) is 0 Å². The second-order valence-electron chi connectivity index (χ2n) is 10.7. The normalized spacial score (nSPS) is 21.5. The molecule has 2 aliphatic rings. The number of carbonyl (C=O) groups is 1. The number of amides is 1. The van der Waals surface area contributed by atoms with Crippen LogP contribution in [-0.4, -0.2) is 76.9 Å². The zero-order chi connectivity index (χ0) is 22.6. The van der Waals surface area contributed by atoms with Gasteiger partial charge in [-0.1, -0.05) is 0 Å². The van der Waals surface area contributed by atoms with Crippen LogP contribution in [0.3, 0.4) is 0 Å². The lowest BCUT2D eigenvalue weighted by atomic mass is 9.95. The average molecular weight is 455 g/mol. The molecule has 1 aromatic rings. The van der Waals surface area contributed by atoms with Gasteiger partial charge in [-0.05, 0) is 78.3 Å². The number of hydrogen-bond acceptors (Lipinski definition) is 5. The highest BCUT2D eigenvalue weighted by atomic mass is 32.3. The van der Waals surface area contributed by atoms with E-state index in [0.717, 1.165) is 57.0 Å². The smallest absolute Gasteiger partial charge is 0.410 e. The molecular weight excluding hydrogens is 412 g/mol. The summed E-state index contributed by atoms with van der Waals surface area (Å²) in [7, 11) is -0.587. The lowest BCUT2D eigenvalue weighted by molar-refractivity contribution is 0.0203. The van der Waals surface area contributed by atoms with E-state index in [-0.39, 0.29) is 12.1 Å². The Kier molecular flexibility index (Phi) is 7.97. The summed E-state index contributed by atoms with van der Waals surface area (Å²) in [6.45, 7) is 9.78. The molecule has 1 amide bonds. The van der Waals surface area contributed by atoms with Gasteiger partial charge in [-0.3, -0.25) is 4.90 Å². The first-order valence-electron chi connectivity index (χ1n) is 11.5. The number of hydrogen-bond donors (Lipinski definition) is 1. The molecule has 1 unspecified atom stereocenters. The average Bonchev–Trinajstić information content (AvgIpc) is 3.30. The van der Waals surface area contributed by atoms with Crippen molar-refractivity contribution >= 4 is 16.1 Å². The predicted octanol–water partition coefficient (Wildman–Crippen LogP) is 4.09. The van der Waals surface area contributed by atoms with Gasteiger partial charge >= 0.3 is 6.09 Å². The molecular formula is C23H42N4O3S. The molecule has 0 bridgehead atoms. The van der Waals surface area contributed by atoms with Crippen molar-refractivity contribution in [3.8, 4) is 0 Å². The molecule has 0 saturated carbocycles. The van der Waals surface area contributed by atoms with E-state index in [2.05, 4.69) is 28.7 Å². The first-order chi connectivity index (χ1) is 14.6. The minimum absolute atomic E-state index is 0.0536. The van der Waals surface area contributed by atoms with Crippen LogP contribution in [0.4, 0.5) is 4.79 Å². The number of imidazole rings is 1. The summed E-state index contributed by atoms with van der Waals surface area (Å²) in [6.07, 6.45) is 12.8. The molecule has 3 heterocycles. The Morgan fingerprint density at radius 3 is 2.58 bits per heavy atom. The van der Waals surface area contributed by atoms with Crippen LogP contribution in [0, 0.1) is 0 Å². The summed E-state index contributed by atoms with van der Waals surface area (Å²) >= 11 is 0. The third kappa shape index (κ3) is 6.86. The maximum Gasteiger partial charge on any atom is 0.410 e. The van der Waals surface area contributed by atoms with Crippen molar-refractivity contribution in [3.05, 3.63) is 17.7 Å². The highest BCUT2D eigenvalue weighted by Crippen LogP contribution is 2.36. The van der Waals surface area contributed by atoms with Gasteiger partial charge in [0.15, 0.2) is 0 Å². The molecule has 0 aliphatic carbocycles. The fourth-order valence-corrected chi connectivity index (χ4v) is 4.91. The summed E-state index contributed by atoms with van der Waals surface area (Å²) in [6, 6.07) is -0.0536. The minimum Gasteiger partial charge on any atom is -0.444 e. The van der Waals surface area contributed by atoms with E-state index in [4.69, 9.17) is 14.5 Å². The molecule has 31 heavy (non-hydrogen) atoms. The van der Waals surface area contributed by atoms with Gasteiger partial charge in [0.05, 0.1) is 12.6 Å². The summed E-state index contributed by atoms with van der Waals surface area (Å²) in [5.41, 5.74) is 0.744. The van der Waals surface area contributed by atoms with Crippen LogP contribution in [0.15, 0.2) is 6.20 Å². The summed E-state index contributed by atoms with van der Waals surface area (Å²) in [5.74, 6) is 2.52. The number of carbonyl (C=O) groups excluding carboxylic acids is 1. The highest BCUT2D eigenvalue weighted by molar-refractivity contribution is 8.32. The van der Waals surface area contributed by atoms with Crippen LogP contribution >= 0.6 is 10.0 Å². The fraction of sp³-hybridized carbons (Fsp3) is 0.826. The fourth-order valence-electron chi connectivity index (χ4n) is 4.29. The van der Waals surface area contributed by atoms with Crippen molar-refractivity contribution in [2.75, 3.05) is 50.8 Å². The van der Waals surface area contributed by atoms with E-state index in [1.807, 2.05) is 31.9 Å². The largest absolute Gasteiger partial charge is 0.444 e. The predicted molar refractivity (Wildman–Crippen MR) is 128 cm³/mol. The second kappa shape index (κ2) is 10.1. The lowest BCUT2D eigenvalue weighted by Crippen LogP contribution is -2.37. The summed E-state index contributed by atoms with van der Waals surface area (Å²) < 4.78 is 14.1. The Labute approximate surface area is 189 Å². The van der Waals surface area contributed by atoms with Gasteiger partial charge in [-0.2, -0.15) is 0 Å². The van der Waals surface area contributed by atoms with Crippen LogP contribution in [0.2, 0.25) is 0 Å². The van der Waals surface area contributed by atoms with E-state index in [9.17, 15) is 4.79 Å². The lowest BCUT2D eigenvalue weighted by Gasteiger charge is -2.30. The molecule has 8 heteroatoms. The van der Waals surface area contributed by atoms with Gasteiger partial charge in [-0.15, -0.1) is 0 Å². The maximum absolute atomic E-state index is 12.9. The third-order valence-electron chi connectivity index (χ3n) is 5.91. The van der Waals surface area contributed by atoms with Crippen LogP contribution in [0.1, 0.15) is 69.9 Å². The Morgan fingerprint density at radius 2 is 1.94 bits per heavy atom. The molecule has 0 spiro atoms. The number of aromatic nitrogens is 2. The minimum atomic E-state index is -0.587. The Bertz CT molecular complexity index is 732. The Balaban J connectivity index is 1.80. The standard InChI is InChI=1S/C23H42N4O3S/c1-23(2,3)30-22(28)26-13-7-8-19(26)21-25-16-20(18-9-11-24-12-10-18)27(21)17-29-14-15-31(4,5)6/h16,18-19,24H,7-15,17H2,1-6H3. The van der Waals surface area contributed by atoms with E-state index in [1.54, 1.807) is 0 Å². The molecule has 1 N–H and O–H groups in total. The molecule has 1 aromatic heterocycles. The topological polar surface area (TPSA) is 68.6 Å². The van der Waals surface area contributed by atoms with Crippen molar-refractivity contribution in [2.24, 2.45) is 0 Å². The molecule has 2 saturated heterocycles. The number of nitrogens with one attached hydrogen (secondary N) is 1. The maximum atomic E-state index is 12.9.